The molecule has 172 valence electrons. The molecule has 3 aromatic rings. The summed E-state index contributed by atoms with van der Waals surface area (Å²) in [5, 5.41) is 11.1. The zero-order valence-corrected chi connectivity index (χ0v) is 18.7. The first kappa shape index (κ1) is 22.5. The van der Waals surface area contributed by atoms with E-state index in [0.29, 0.717) is 31.3 Å². The van der Waals surface area contributed by atoms with Gasteiger partial charge in [0, 0.05) is 24.9 Å². The van der Waals surface area contributed by atoms with Gasteiger partial charge in [-0.1, -0.05) is 30.3 Å². The number of hydrogen-bond acceptors (Lipinski definition) is 6. The van der Waals surface area contributed by atoms with Crippen molar-refractivity contribution in [3.8, 4) is 22.9 Å². The van der Waals surface area contributed by atoms with E-state index in [2.05, 4.69) is 20.5 Å². The van der Waals surface area contributed by atoms with Crippen molar-refractivity contribution in [3.63, 3.8) is 0 Å². The summed E-state index contributed by atoms with van der Waals surface area (Å²) >= 11 is 0. The number of aromatic amines is 1. The molecule has 0 spiro atoms. The fourth-order valence-corrected chi connectivity index (χ4v) is 3.45. The summed E-state index contributed by atoms with van der Waals surface area (Å²) in [5.41, 5.74) is 1.65. The van der Waals surface area contributed by atoms with Gasteiger partial charge in [0.25, 0.3) is 5.56 Å². The number of H-pyrrole nitrogens is 1. The molecule has 1 aliphatic carbocycles. The lowest BCUT2D eigenvalue weighted by Crippen LogP contribution is -2.27. The van der Waals surface area contributed by atoms with Crippen LogP contribution in [0.15, 0.2) is 53.3 Å². The maximum absolute atomic E-state index is 12.5. The van der Waals surface area contributed by atoms with Gasteiger partial charge >= 0.3 is 0 Å². The average Bonchev–Trinajstić information content (AvgIpc) is 3.67. The molecular formula is C25H28N4O4. The zero-order chi connectivity index (χ0) is 23.0. The van der Waals surface area contributed by atoms with Gasteiger partial charge in [-0.15, -0.1) is 10.2 Å². The molecule has 0 saturated heterocycles. The first-order chi connectivity index (χ1) is 16.1. The Morgan fingerprint density at radius 1 is 1.12 bits per heavy atom. The topological polar surface area (TPSA) is 106 Å². The van der Waals surface area contributed by atoms with Crippen LogP contribution in [0.3, 0.4) is 0 Å². The van der Waals surface area contributed by atoms with E-state index in [1.807, 2.05) is 48.5 Å². The molecule has 1 fully saturated rings. The van der Waals surface area contributed by atoms with Crippen molar-refractivity contribution < 1.29 is 14.3 Å². The lowest BCUT2D eigenvalue weighted by Gasteiger charge is -2.09. The van der Waals surface area contributed by atoms with E-state index in [4.69, 9.17) is 9.47 Å². The molecule has 2 aromatic carbocycles. The first-order valence-electron chi connectivity index (χ1n) is 11.2. The Labute approximate surface area is 192 Å². The molecule has 0 aliphatic heterocycles. The number of ether oxygens (including phenoxy) is 2. The third-order valence-corrected chi connectivity index (χ3v) is 5.55. The third-order valence-electron chi connectivity index (χ3n) is 5.55. The minimum atomic E-state index is -0.342. The second kappa shape index (κ2) is 10.8. The summed E-state index contributed by atoms with van der Waals surface area (Å²) in [4.78, 5) is 27.4. The van der Waals surface area contributed by atoms with E-state index in [1.54, 1.807) is 7.11 Å². The first-order valence-corrected chi connectivity index (χ1v) is 11.2. The van der Waals surface area contributed by atoms with E-state index >= 15 is 0 Å². The molecule has 8 heteroatoms. The summed E-state index contributed by atoms with van der Waals surface area (Å²) in [7, 11) is 1.63. The predicted molar refractivity (Wildman–Crippen MR) is 124 cm³/mol. The van der Waals surface area contributed by atoms with Crippen LogP contribution in [0.5, 0.6) is 11.5 Å². The highest BCUT2D eigenvalue weighted by Crippen LogP contribution is 2.30. The normalized spacial score (nSPS) is 12.9. The van der Waals surface area contributed by atoms with E-state index < -0.39 is 0 Å². The number of rotatable bonds is 11. The summed E-state index contributed by atoms with van der Waals surface area (Å²) in [5.74, 6) is 2.44. The number of hydrogen-bond donors (Lipinski definition) is 2. The van der Waals surface area contributed by atoms with Gasteiger partial charge in [0.15, 0.2) is 5.82 Å². The Bertz CT molecular complexity index is 1160. The minimum Gasteiger partial charge on any atom is -0.496 e. The van der Waals surface area contributed by atoms with Gasteiger partial charge in [-0.25, -0.2) is 0 Å². The van der Waals surface area contributed by atoms with Crippen LogP contribution < -0.4 is 20.3 Å². The van der Waals surface area contributed by atoms with Crippen molar-refractivity contribution in [2.24, 2.45) is 5.92 Å². The maximum Gasteiger partial charge on any atom is 0.273 e. The Kier molecular flexibility index (Phi) is 7.34. The predicted octanol–water partition coefficient (Wildman–Crippen LogP) is 2.92. The number of benzene rings is 2. The highest BCUT2D eigenvalue weighted by atomic mass is 16.5. The van der Waals surface area contributed by atoms with E-state index in [1.165, 1.54) is 12.8 Å². The van der Waals surface area contributed by atoms with Gasteiger partial charge < -0.3 is 19.8 Å². The number of nitrogens with one attached hydrogen (secondary N) is 2. The van der Waals surface area contributed by atoms with Gasteiger partial charge in [-0.05, 0) is 48.9 Å². The average molecular weight is 449 g/mol. The van der Waals surface area contributed by atoms with E-state index in [-0.39, 0.29) is 30.0 Å². The number of amides is 1. The molecular weight excluding hydrogens is 420 g/mol. The molecule has 2 N–H and O–H groups in total. The van der Waals surface area contributed by atoms with Crippen molar-refractivity contribution in [1.29, 1.82) is 0 Å². The number of methoxy groups -OCH3 is 1. The molecule has 0 unspecified atom stereocenters. The van der Waals surface area contributed by atoms with Gasteiger partial charge in [0.1, 0.15) is 17.2 Å². The second-order valence-corrected chi connectivity index (χ2v) is 8.14. The van der Waals surface area contributed by atoms with Crippen molar-refractivity contribution >= 4 is 5.91 Å². The Morgan fingerprint density at radius 3 is 2.76 bits per heavy atom. The molecule has 0 bridgehead atoms. The summed E-state index contributed by atoms with van der Waals surface area (Å²) in [6.45, 7) is 1.20. The molecule has 0 atom stereocenters. The Balaban J connectivity index is 1.28. The quantitative estimate of drug-likeness (QED) is 0.467. The summed E-state index contributed by atoms with van der Waals surface area (Å²) in [6.07, 6.45) is 3.48. The van der Waals surface area contributed by atoms with E-state index in [9.17, 15) is 9.59 Å². The molecule has 4 rings (SSSR count). The van der Waals surface area contributed by atoms with Crippen LogP contribution >= 0.6 is 0 Å². The van der Waals surface area contributed by atoms with E-state index in [0.717, 1.165) is 22.6 Å². The maximum atomic E-state index is 12.5. The Hall–Kier alpha value is -3.68. The molecule has 1 amide bonds. The molecule has 0 radical (unpaired) electrons. The largest absolute Gasteiger partial charge is 0.496 e. The number of para-hydroxylation sites is 1. The van der Waals surface area contributed by atoms with Gasteiger partial charge in [-0.3, -0.25) is 9.59 Å². The molecule has 33 heavy (non-hydrogen) atoms. The lowest BCUT2D eigenvalue weighted by molar-refractivity contribution is -0.121. The van der Waals surface area contributed by atoms with Gasteiger partial charge in [0.2, 0.25) is 5.91 Å². The number of nitrogens with zero attached hydrogens (tertiary/aromatic N) is 2. The van der Waals surface area contributed by atoms with Gasteiger partial charge in [-0.2, -0.15) is 0 Å². The molecule has 1 saturated carbocycles. The smallest absolute Gasteiger partial charge is 0.273 e. The van der Waals surface area contributed by atoms with Crippen molar-refractivity contribution in [3.05, 3.63) is 70.1 Å². The van der Waals surface area contributed by atoms with Crippen molar-refractivity contribution in [2.45, 2.75) is 32.1 Å². The molecule has 1 aliphatic rings. The summed E-state index contributed by atoms with van der Waals surface area (Å²) < 4.78 is 11.1. The molecule has 1 heterocycles. The number of carbonyl (C=O) groups excluding carboxylic acids is 1. The monoisotopic (exact) mass is 448 g/mol. The van der Waals surface area contributed by atoms with Crippen LogP contribution in [0.1, 0.15) is 30.5 Å². The van der Waals surface area contributed by atoms with Crippen LogP contribution in [-0.2, 0) is 17.6 Å². The lowest BCUT2D eigenvalue weighted by atomic mass is 10.1. The minimum absolute atomic E-state index is 0.143. The number of aryl methyl sites for hydroxylation is 1. The Morgan fingerprint density at radius 2 is 1.97 bits per heavy atom. The van der Waals surface area contributed by atoms with Crippen LogP contribution in [0.4, 0.5) is 0 Å². The van der Waals surface area contributed by atoms with Crippen LogP contribution in [-0.4, -0.2) is 41.3 Å². The molecule has 1 aromatic heterocycles. The highest BCUT2D eigenvalue weighted by molar-refractivity contribution is 5.76. The highest BCUT2D eigenvalue weighted by Gasteiger charge is 2.22. The SMILES string of the molecule is COc1ccccc1CCNC(=O)CCc1nnc(-c2cccc(OCC3CC3)c2)[nH]c1=O. The fraction of sp³-hybridized carbons (Fsp3) is 0.360. The third kappa shape index (κ3) is 6.41. The second-order valence-electron chi connectivity index (χ2n) is 8.14. The standard InChI is InChI=1S/C25H28N4O4/c1-32-22-8-3-2-5-18(22)13-14-26-23(30)12-11-21-25(31)27-24(29-28-21)19-6-4-7-20(15-19)33-16-17-9-10-17/h2-8,15,17H,9-14,16H2,1H3,(H,26,30)(H,27,29,31). The molecule has 8 nitrogen and oxygen atoms in total. The van der Waals surface area contributed by atoms with Gasteiger partial charge in [0.05, 0.1) is 13.7 Å². The van der Waals surface area contributed by atoms with Crippen LogP contribution in [0.25, 0.3) is 11.4 Å². The van der Waals surface area contributed by atoms with Crippen LogP contribution in [0.2, 0.25) is 0 Å². The fourth-order valence-electron chi connectivity index (χ4n) is 3.45. The summed E-state index contributed by atoms with van der Waals surface area (Å²) in [6, 6.07) is 15.1. The van der Waals surface area contributed by atoms with Crippen molar-refractivity contribution in [1.82, 2.24) is 20.5 Å². The van der Waals surface area contributed by atoms with Crippen LogP contribution in [0, 0.1) is 5.92 Å². The number of aromatic nitrogens is 3. The van der Waals surface area contributed by atoms with Crippen molar-refractivity contribution in [2.75, 3.05) is 20.3 Å². The zero-order valence-electron chi connectivity index (χ0n) is 18.7. The number of carbonyl (C=O) groups is 1.